The molecule has 6 fully saturated rings. The maximum atomic E-state index is 14.7. The summed E-state index contributed by atoms with van der Waals surface area (Å²) in [7, 11) is 0. The van der Waals surface area contributed by atoms with Crippen LogP contribution in [-0.4, -0.2) is 51.1 Å². The highest BCUT2D eigenvalue weighted by Crippen LogP contribution is 2.77. The molecule has 0 aromatic heterocycles. The van der Waals surface area contributed by atoms with Crippen molar-refractivity contribution in [2.75, 3.05) is 6.61 Å². The second-order valence-corrected chi connectivity index (χ2v) is 16.5. The van der Waals surface area contributed by atoms with Gasteiger partial charge >= 0.3 is 0 Å². The van der Waals surface area contributed by atoms with E-state index in [2.05, 4.69) is 39.5 Å². The molecular formula is C35H50O5. The van der Waals surface area contributed by atoms with E-state index in [0.29, 0.717) is 12.8 Å². The second kappa shape index (κ2) is 8.46. The number of carbonyl (C=O) groups is 1. The predicted molar refractivity (Wildman–Crippen MR) is 153 cm³/mol. The quantitative estimate of drug-likeness (QED) is 0.352. The van der Waals surface area contributed by atoms with E-state index in [0.717, 1.165) is 64.2 Å². The molecule has 13 atom stereocenters. The van der Waals surface area contributed by atoms with Crippen LogP contribution in [0.5, 0.6) is 0 Å². The second-order valence-electron chi connectivity index (χ2n) is 16.5. The molecule has 9 aliphatic carbocycles. The molecular weight excluding hydrogens is 500 g/mol. The molecule has 0 amide bonds. The monoisotopic (exact) mass is 550 g/mol. The first-order chi connectivity index (χ1) is 18.8. The Bertz CT molecular complexity index is 1210. The molecule has 6 saturated carbocycles. The Hall–Kier alpha value is -1.19. The van der Waals surface area contributed by atoms with Gasteiger partial charge < -0.3 is 20.4 Å². The van der Waals surface area contributed by atoms with E-state index < -0.39 is 29.1 Å². The number of fused-ring (bicyclic) bond motifs is 10. The van der Waals surface area contributed by atoms with Crippen LogP contribution in [0.2, 0.25) is 0 Å². The molecule has 0 unspecified atom stereocenters. The molecule has 0 saturated heterocycles. The fourth-order valence-electron chi connectivity index (χ4n) is 13.0. The largest absolute Gasteiger partial charge is 0.396 e. The molecule has 9 rings (SSSR count). The topological polar surface area (TPSA) is 98.0 Å². The van der Waals surface area contributed by atoms with Gasteiger partial charge in [-0.05, 0) is 110 Å². The Morgan fingerprint density at radius 3 is 2.48 bits per heavy atom. The number of carbonyl (C=O) groups excluding carboxylic acids is 1. The van der Waals surface area contributed by atoms with Crippen LogP contribution in [0.1, 0.15) is 105 Å². The average molecular weight is 551 g/mol. The Labute approximate surface area is 240 Å². The zero-order valence-corrected chi connectivity index (χ0v) is 25.0. The van der Waals surface area contributed by atoms with Crippen LogP contribution >= 0.6 is 0 Å². The summed E-state index contributed by atoms with van der Waals surface area (Å²) < 4.78 is 0. The first kappa shape index (κ1) is 27.6. The molecule has 0 aromatic carbocycles. The maximum absolute atomic E-state index is 14.7. The number of ketones is 1. The summed E-state index contributed by atoms with van der Waals surface area (Å²) in [6.45, 7) is 9.32. The highest BCUT2D eigenvalue weighted by atomic mass is 16.3. The minimum atomic E-state index is -0.891. The lowest BCUT2D eigenvalue weighted by Crippen LogP contribution is -2.71. The number of aliphatic hydroxyl groups excluding tert-OH is 4. The Balaban J connectivity index is 1.40. The van der Waals surface area contributed by atoms with Gasteiger partial charge in [0, 0.05) is 23.2 Å². The predicted octanol–water partition coefficient (Wildman–Crippen LogP) is 4.80. The van der Waals surface area contributed by atoms with Crippen LogP contribution in [-0.2, 0) is 4.79 Å². The average Bonchev–Trinajstić information content (AvgIpc) is 3.08. The SMILES string of the molecule is C[C@]12CCC#C[C@H](O)[C@]3(CC1)[C@H](C2)C1=CC(=O)[C@@H]2[C@@]4(C)[C@@H]5CCC[C@](CO)([C@H]4CC[C@@]2(C)[C@]1(C)C[C@@H]3O)[C@@H](O)C5. The lowest BCUT2D eigenvalue weighted by molar-refractivity contribution is -0.240. The molecule has 0 aromatic rings. The van der Waals surface area contributed by atoms with E-state index in [1.54, 1.807) is 0 Å². The van der Waals surface area contributed by atoms with Gasteiger partial charge in [-0.25, -0.2) is 0 Å². The minimum Gasteiger partial charge on any atom is -0.396 e. The molecule has 40 heavy (non-hydrogen) atoms. The molecule has 9 aliphatic rings. The highest BCUT2D eigenvalue weighted by Gasteiger charge is 2.75. The van der Waals surface area contributed by atoms with Crippen molar-refractivity contribution in [2.45, 2.75) is 123 Å². The molecule has 5 nitrogen and oxygen atoms in total. The van der Waals surface area contributed by atoms with Crippen molar-refractivity contribution in [3.63, 3.8) is 0 Å². The highest BCUT2D eigenvalue weighted by molar-refractivity contribution is 5.95. The molecule has 220 valence electrons. The van der Waals surface area contributed by atoms with Crippen LogP contribution in [0.15, 0.2) is 11.6 Å². The normalized spacial score (nSPS) is 58.5. The van der Waals surface area contributed by atoms with Gasteiger partial charge in [-0.15, -0.1) is 5.92 Å². The van der Waals surface area contributed by atoms with Gasteiger partial charge in [0.15, 0.2) is 5.78 Å². The summed E-state index contributed by atoms with van der Waals surface area (Å²) in [6, 6.07) is 0. The van der Waals surface area contributed by atoms with E-state index >= 15 is 0 Å². The van der Waals surface area contributed by atoms with E-state index in [4.69, 9.17) is 0 Å². The Kier molecular flexibility index (Phi) is 5.85. The number of allylic oxidation sites excluding steroid dienone is 2. The van der Waals surface area contributed by atoms with Crippen molar-refractivity contribution < 1.29 is 25.2 Å². The van der Waals surface area contributed by atoms with Crippen molar-refractivity contribution in [1.82, 2.24) is 0 Å². The summed E-state index contributed by atoms with van der Waals surface area (Å²) in [5.41, 5.74) is -1.01. The van der Waals surface area contributed by atoms with Crippen LogP contribution < -0.4 is 0 Å². The summed E-state index contributed by atoms with van der Waals surface area (Å²) in [5.74, 6) is 6.67. The van der Waals surface area contributed by atoms with E-state index in [9.17, 15) is 25.2 Å². The molecule has 5 heteroatoms. The Morgan fingerprint density at radius 1 is 0.950 bits per heavy atom. The number of hydrogen-bond acceptors (Lipinski definition) is 5. The molecule has 0 heterocycles. The van der Waals surface area contributed by atoms with E-state index in [-0.39, 0.29) is 57.7 Å². The van der Waals surface area contributed by atoms with Gasteiger partial charge in [0.1, 0.15) is 6.10 Å². The van der Waals surface area contributed by atoms with Crippen molar-refractivity contribution in [2.24, 2.45) is 56.2 Å². The minimum absolute atomic E-state index is 0.0159. The standard InChI is InChI=1S/C35H50O5/c1-30-11-6-5-9-26(38)35(15-14-30)23(18-30)22-17-24(37)29-31(2,32(22,3)19-28(35)40)13-10-25-33(29,4)21-8-7-12-34(25,20-36)27(39)16-21/h17,21,23,25-29,36,38-40H,6-8,10-16,18-20H2,1-4H3/t21-,23-,25+,26+,27+,28+,29+,30+,31-,32-,33+,34+,35+/m1/s1. The summed E-state index contributed by atoms with van der Waals surface area (Å²) in [4.78, 5) is 14.7. The first-order valence-corrected chi connectivity index (χ1v) is 16.2. The van der Waals surface area contributed by atoms with Gasteiger partial charge in [-0.3, -0.25) is 4.79 Å². The van der Waals surface area contributed by atoms with Gasteiger partial charge in [0.05, 0.1) is 18.8 Å². The number of rotatable bonds is 1. The zero-order valence-electron chi connectivity index (χ0n) is 25.0. The van der Waals surface area contributed by atoms with Crippen LogP contribution in [0.3, 0.4) is 0 Å². The Morgan fingerprint density at radius 2 is 1.73 bits per heavy atom. The van der Waals surface area contributed by atoms with Crippen molar-refractivity contribution in [3.05, 3.63) is 11.6 Å². The van der Waals surface area contributed by atoms with Gasteiger partial charge in [0.25, 0.3) is 0 Å². The summed E-state index contributed by atoms with van der Waals surface area (Å²) in [5, 5.41) is 45.9. The summed E-state index contributed by atoms with van der Waals surface area (Å²) >= 11 is 0. The third kappa shape index (κ3) is 3.03. The van der Waals surface area contributed by atoms with Crippen molar-refractivity contribution in [3.8, 4) is 11.8 Å². The zero-order chi connectivity index (χ0) is 28.5. The lowest BCUT2D eigenvalue weighted by Gasteiger charge is -2.72. The summed E-state index contributed by atoms with van der Waals surface area (Å²) in [6.07, 6.45) is 10.0. The fourth-order valence-corrected chi connectivity index (χ4v) is 13.0. The van der Waals surface area contributed by atoms with Crippen LogP contribution in [0.25, 0.3) is 0 Å². The first-order valence-electron chi connectivity index (χ1n) is 16.2. The fraction of sp³-hybridized carbons (Fsp3) is 0.857. The van der Waals surface area contributed by atoms with Crippen LogP contribution in [0.4, 0.5) is 0 Å². The lowest BCUT2D eigenvalue weighted by atomic mass is 9.31. The van der Waals surface area contributed by atoms with Gasteiger partial charge in [-0.1, -0.05) is 45.6 Å². The van der Waals surface area contributed by atoms with Crippen LogP contribution in [0, 0.1) is 68.0 Å². The third-order valence-corrected chi connectivity index (χ3v) is 15.4. The molecule has 4 N–H and O–H groups in total. The number of hydrogen-bond donors (Lipinski definition) is 4. The maximum Gasteiger partial charge on any atom is 0.159 e. The smallest absolute Gasteiger partial charge is 0.159 e. The molecule has 0 radical (unpaired) electrons. The third-order valence-electron chi connectivity index (χ3n) is 15.4. The van der Waals surface area contributed by atoms with Gasteiger partial charge in [-0.2, -0.15) is 0 Å². The molecule has 4 bridgehead atoms. The molecule has 1 spiro atoms. The van der Waals surface area contributed by atoms with Gasteiger partial charge in [0.2, 0.25) is 0 Å². The number of aliphatic hydroxyl groups is 4. The van der Waals surface area contributed by atoms with Crippen molar-refractivity contribution >= 4 is 5.78 Å². The van der Waals surface area contributed by atoms with E-state index in [1.165, 1.54) is 5.57 Å². The van der Waals surface area contributed by atoms with E-state index in [1.807, 2.05) is 6.08 Å². The van der Waals surface area contributed by atoms with Crippen molar-refractivity contribution in [1.29, 1.82) is 0 Å². The molecule has 0 aliphatic heterocycles.